The number of carbonyl (C=O) groups excluding carboxylic acids is 2. The third kappa shape index (κ3) is 6.54. The maximum atomic E-state index is 13.3. The topological polar surface area (TPSA) is 99.2 Å². The fraction of sp³-hybridized carbons (Fsp3) is 0.500. The van der Waals surface area contributed by atoms with Crippen LogP contribution in [0.25, 0.3) is 0 Å². The van der Waals surface area contributed by atoms with Gasteiger partial charge < -0.3 is 20.1 Å². The molecule has 2 aliphatic heterocycles. The SMILES string of the molecule is O=C1CN(C2CCN(Cc3ccc(Oc4ccc(C(=O)O)cc4)cc3)CC2)C(=O)C(CC2CCCCC2)N1. The molecule has 2 amide bonds. The number of piperidine rings is 1. The molecule has 0 aromatic heterocycles. The van der Waals surface area contributed by atoms with Crippen LogP contribution in [-0.2, 0) is 16.1 Å². The van der Waals surface area contributed by atoms with Gasteiger partial charge in [-0.1, -0.05) is 44.2 Å². The lowest BCUT2D eigenvalue weighted by molar-refractivity contribution is -0.148. The first kappa shape index (κ1) is 26.2. The number of carboxylic acid groups (broad SMARTS) is 1. The van der Waals surface area contributed by atoms with E-state index in [0.29, 0.717) is 17.4 Å². The number of nitrogens with one attached hydrogen (secondary N) is 1. The third-order valence-electron chi connectivity index (χ3n) is 8.19. The van der Waals surface area contributed by atoms with Crippen molar-refractivity contribution in [3.05, 3.63) is 59.7 Å². The molecular formula is C30H37N3O5. The van der Waals surface area contributed by atoms with Crippen LogP contribution in [0.15, 0.2) is 48.5 Å². The van der Waals surface area contributed by atoms with Crippen LogP contribution >= 0.6 is 0 Å². The predicted molar refractivity (Wildman–Crippen MR) is 143 cm³/mol. The molecule has 0 radical (unpaired) electrons. The molecule has 8 heteroatoms. The molecule has 5 rings (SSSR count). The summed E-state index contributed by atoms with van der Waals surface area (Å²) in [7, 11) is 0. The Labute approximate surface area is 224 Å². The molecule has 1 saturated carbocycles. The third-order valence-corrected chi connectivity index (χ3v) is 8.19. The summed E-state index contributed by atoms with van der Waals surface area (Å²) in [6.07, 6.45) is 8.64. The van der Waals surface area contributed by atoms with Crippen LogP contribution in [0.5, 0.6) is 11.5 Å². The molecule has 1 atom stereocenters. The maximum absolute atomic E-state index is 13.3. The number of carboxylic acids is 1. The molecular weight excluding hydrogens is 482 g/mol. The highest BCUT2D eigenvalue weighted by Crippen LogP contribution is 2.29. The Kier molecular flexibility index (Phi) is 8.27. The number of aromatic carboxylic acids is 1. The van der Waals surface area contributed by atoms with Crippen LogP contribution < -0.4 is 10.1 Å². The summed E-state index contributed by atoms with van der Waals surface area (Å²) >= 11 is 0. The van der Waals surface area contributed by atoms with E-state index in [0.717, 1.165) is 38.9 Å². The lowest BCUT2D eigenvalue weighted by Gasteiger charge is -2.42. The smallest absolute Gasteiger partial charge is 0.335 e. The summed E-state index contributed by atoms with van der Waals surface area (Å²) in [6.45, 7) is 2.78. The van der Waals surface area contributed by atoms with E-state index in [4.69, 9.17) is 9.84 Å². The lowest BCUT2D eigenvalue weighted by Crippen LogP contribution is -2.62. The number of rotatable bonds is 8. The zero-order chi connectivity index (χ0) is 26.5. The molecule has 1 unspecified atom stereocenters. The van der Waals surface area contributed by atoms with Gasteiger partial charge in [0, 0.05) is 25.7 Å². The van der Waals surface area contributed by atoms with E-state index < -0.39 is 5.97 Å². The lowest BCUT2D eigenvalue weighted by atomic mass is 9.84. The highest BCUT2D eigenvalue weighted by atomic mass is 16.5. The van der Waals surface area contributed by atoms with Crippen molar-refractivity contribution < 1.29 is 24.2 Å². The molecule has 3 aliphatic rings. The minimum Gasteiger partial charge on any atom is -0.478 e. The molecule has 2 aromatic carbocycles. The molecule has 38 heavy (non-hydrogen) atoms. The van der Waals surface area contributed by atoms with Gasteiger partial charge in [-0.2, -0.15) is 0 Å². The van der Waals surface area contributed by atoms with E-state index in [1.54, 1.807) is 12.1 Å². The van der Waals surface area contributed by atoms with E-state index >= 15 is 0 Å². The van der Waals surface area contributed by atoms with Crippen molar-refractivity contribution in [2.45, 2.75) is 70.0 Å². The molecule has 2 saturated heterocycles. The van der Waals surface area contributed by atoms with Crippen LogP contribution in [0, 0.1) is 5.92 Å². The molecule has 0 bridgehead atoms. The van der Waals surface area contributed by atoms with Crippen LogP contribution in [0.4, 0.5) is 0 Å². The van der Waals surface area contributed by atoms with Gasteiger partial charge in [-0.25, -0.2) is 4.79 Å². The van der Waals surface area contributed by atoms with E-state index in [1.807, 2.05) is 29.2 Å². The van der Waals surface area contributed by atoms with Crippen LogP contribution in [0.3, 0.4) is 0 Å². The van der Waals surface area contributed by atoms with Gasteiger partial charge in [0.2, 0.25) is 11.8 Å². The number of piperazine rings is 1. The maximum Gasteiger partial charge on any atom is 0.335 e. The molecule has 8 nitrogen and oxygen atoms in total. The minimum atomic E-state index is -0.961. The van der Waals surface area contributed by atoms with Gasteiger partial charge in [0.1, 0.15) is 17.5 Å². The number of benzene rings is 2. The standard InChI is InChI=1S/C30H37N3O5/c34-28-20-33(29(35)27(31-28)18-21-4-2-1-3-5-21)24-14-16-32(17-15-24)19-22-6-10-25(11-7-22)38-26-12-8-23(9-13-26)30(36)37/h6-13,21,24,27H,1-5,14-20H2,(H,31,34)(H,36,37). The Bertz CT molecular complexity index is 1120. The highest BCUT2D eigenvalue weighted by Gasteiger charge is 2.38. The largest absolute Gasteiger partial charge is 0.478 e. The molecule has 3 fully saturated rings. The summed E-state index contributed by atoms with van der Waals surface area (Å²) in [6, 6.07) is 14.0. The monoisotopic (exact) mass is 519 g/mol. The van der Waals surface area contributed by atoms with Gasteiger partial charge in [-0.05, 0) is 67.1 Å². The Balaban J connectivity index is 1.10. The van der Waals surface area contributed by atoms with Crippen molar-refractivity contribution in [2.75, 3.05) is 19.6 Å². The van der Waals surface area contributed by atoms with Crippen molar-refractivity contribution >= 4 is 17.8 Å². The normalized spacial score (nSPS) is 21.8. The molecule has 0 spiro atoms. The average Bonchev–Trinajstić information content (AvgIpc) is 2.93. The minimum absolute atomic E-state index is 0.0204. The Morgan fingerprint density at radius 1 is 0.895 bits per heavy atom. The van der Waals surface area contributed by atoms with E-state index in [1.165, 1.54) is 49.8 Å². The number of likely N-dealkylation sites (tertiary alicyclic amines) is 1. The van der Waals surface area contributed by atoms with Crippen LogP contribution in [0.2, 0.25) is 0 Å². The predicted octanol–water partition coefficient (Wildman–Crippen LogP) is 4.44. The highest BCUT2D eigenvalue weighted by molar-refractivity contribution is 5.95. The Morgan fingerprint density at radius 2 is 1.53 bits per heavy atom. The van der Waals surface area contributed by atoms with Gasteiger partial charge >= 0.3 is 5.97 Å². The number of ether oxygens (including phenoxy) is 1. The number of carbonyl (C=O) groups is 3. The average molecular weight is 520 g/mol. The van der Waals surface area contributed by atoms with Gasteiger partial charge in [-0.15, -0.1) is 0 Å². The van der Waals surface area contributed by atoms with Gasteiger partial charge in [0.15, 0.2) is 0 Å². The van der Waals surface area contributed by atoms with Gasteiger partial charge in [0.05, 0.1) is 12.1 Å². The Hall–Kier alpha value is -3.39. The summed E-state index contributed by atoms with van der Waals surface area (Å²) < 4.78 is 5.84. The molecule has 2 aromatic rings. The summed E-state index contributed by atoms with van der Waals surface area (Å²) in [5, 5.41) is 12.0. The van der Waals surface area contributed by atoms with E-state index in [-0.39, 0.29) is 36.0 Å². The van der Waals surface area contributed by atoms with Crippen molar-refractivity contribution in [1.82, 2.24) is 15.1 Å². The first-order chi connectivity index (χ1) is 18.4. The van der Waals surface area contributed by atoms with Gasteiger partial charge in [0.25, 0.3) is 0 Å². The number of nitrogens with zero attached hydrogens (tertiary/aromatic N) is 2. The summed E-state index contributed by atoms with van der Waals surface area (Å²) in [5.41, 5.74) is 1.40. The number of hydrogen-bond acceptors (Lipinski definition) is 5. The zero-order valence-corrected chi connectivity index (χ0v) is 21.8. The Morgan fingerprint density at radius 3 is 2.16 bits per heavy atom. The van der Waals surface area contributed by atoms with Crippen molar-refractivity contribution in [3.63, 3.8) is 0 Å². The molecule has 2 N–H and O–H groups in total. The van der Waals surface area contributed by atoms with E-state index in [2.05, 4.69) is 10.2 Å². The van der Waals surface area contributed by atoms with Crippen LogP contribution in [-0.4, -0.2) is 64.4 Å². The molecule has 1 aliphatic carbocycles. The second-order valence-electron chi connectivity index (χ2n) is 10.9. The number of hydrogen-bond donors (Lipinski definition) is 2. The second kappa shape index (κ2) is 12.0. The van der Waals surface area contributed by atoms with Crippen molar-refractivity contribution in [1.29, 1.82) is 0 Å². The summed E-state index contributed by atoms with van der Waals surface area (Å²) in [5.74, 6) is 0.965. The summed E-state index contributed by atoms with van der Waals surface area (Å²) in [4.78, 5) is 41.0. The van der Waals surface area contributed by atoms with Crippen molar-refractivity contribution in [3.8, 4) is 11.5 Å². The fourth-order valence-corrected chi connectivity index (χ4v) is 6.07. The van der Waals surface area contributed by atoms with Crippen molar-refractivity contribution in [2.24, 2.45) is 5.92 Å². The molecule has 202 valence electrons. The van der Waals surface area contributed by atoms with Gasteiger partial charge in [-0.3, -0.25) is 14.5 Å². The fourth-order valence-electron chi connectivity index (χ4n) is 6.07. The quantitative estimate of drug-likeness (QED) is 0.535. The molecule has 2 heterocycles. The van der Waals surface area contributed by atoms with Crippen LogP contribution in [0.1, 0.15) is 67.3 Å². The number of amides is 2. The second-order valence-corrected chi connectivity index (χ2v) is 10.9. The zero-order valence-electron chi connectivity index (χ0n) is 21.8. The first-order valence-electron chi connectivity index (χ1n) is 13.9. The first-order valence-corrected chi connectivity index (χ1v) is 13.9. The van der Waals surface area contributed by atoms with E-state index in [9.17, 15) is 14.4 Å².